The minimum atomic E-state index is -0.701. The molecule has 13 heteroatoms. The molecule has 2 aromatic heterocycles. The summed E-state index contributed by atoms with van der Waals surface area (Å²) in [4.78, 5) is 59.5. The van der Waals surface area contributed by atoms with Crippen LogP contribution in [0.3, 0.4) is 0 Å². The van der Waals surface area contributed by atoms with E-state index in [1.165, 1.54) is 17.1 Å². The Morgan fingerprint density at radius 1 is 1.04 bits per heavy atom. The summed E-state index contributed by atoms with van der Waals surface area (Å²) >= 11 is 0. The fourth-order valence-corrected chi connectivity index (χ4v) is 5.36. The molecule has 3 aromatic rings. The molecule has 1 atom stereocenters. The Morgan fingerprint density at radius 2 is 1.77 bits per heavy atom. The van der Waals surface area contributed by atoms with Crippen LogP contribution < -0.4 is 16.4 Å². The van der Waals surface area contributed by atoms with Crippen LogP contribution in [0.25, 0.3) is 21.9 Å². The molecule has 1 unspecified atom stereocenters. The summed E-state index contributed by atoms with van der Waals surface area (Å²) in [7, 11) is 0. The molecule has 0 fully saturated rings. The number of carbonyl (C=O) groups is 4. The first kappa shape index (κ1) is 35.7. The van der Waals surface area contributed by atoms with Crippen LogP contribution in [0.1, 0.15) is 66.1 Å². The van der Waals surface area contributed by atoms with Crippen LogP contribution in [0.15, 0.2) is 36.4 Å². The highest BCUT2D eigenvalue weighted by atomic mass is 16.5. The average molecular weight is 650 g/mol. The molecule has 0 aliphatic carbocycles. The molecule has 4 amide bonds. The summed E-state index contributed by atoms with van der Waals surface area (Å²) in [5.74, 6) is -0.0173. The Kier molecular flexibility index (Phi) is 12.2. The van der Waals surface area contributed by atoms with Gasteiger partial charge in [0.2, 0.25) is 11.8 Å². The van der Waals surface area contributed by atoms with Crippen molar-refractivity contribution in [2.45, 2.75) is 85.1 Å². The molecular weight excluding hydrogens is 602 g/mol. The number of hydrogen-bond donors (Lipinski definition) is 3. The van der Waals surface area contributed by atoms with E-state index in [2.05, 4.69) is 15.2 Å². The van der Waals surface area contributed by atoms with Crippen molar-refractivity contribution in [2.24, 2.45) is 11.7 Å². The van der Waals surface area contributed by atoms with Gasteiger partial charge < -0.3 is 30.4 Å². The number of unbranched alkanes of at least 4 members (excludes halogenated alkanes) is 2. The van der Waals surface area contributed by atoms with Gasteiger partial charge in [0, 0.05) is 43.7 Å². The number of hydrogen-bond acceptors (Lipinski definition) is 9. The Bertz CT molecular complexity index is 1610. The highest BCUT2D eigenvalue weighted by Gasteiger charge is 2.27. The van der Waals surface area contributed by atoms with Crippen molar-refractivity contribution in [3.63, 3.8) is 0 Å². The van der Waals surface area contributed by atoms with E-state index in [4.69, 9.17) is 25.2 Å². The van der Waals surface area contributed by atoms with Crippen LogP contribution in [0.5, 0.6) is 0 Å². The fraction of sp³-hybridized carbons (Fsp3) is 0.529. The number of fused-ring (bicyclic) bond motifs is 3. The molecule has 13 nitrogen and oxygen atoms in total. The van der Waals surface area contributed by atoms with Gasteiger partial charge in [-0.05, 0) is 45.6 Å². The SMILES string of the molecule is CCOCc1nc2c(NC(=O)C(N)C(C)C)nc3ccccc3c2n1CC(C)(C)OCCNC(=O)CCCCCN1C(=O)C=CC1=O. The van der Waals surface area contributed by atoms with E-state index in [1.54, 1.807) is 0 Å². The average Bonchev–Trinajstić information content (AvgIpc) is 3.55. The van der Waals surface area contributed by atoms with Crippen molar-refractivity contribution in [1.29, 1.82) is 0 Å². The second-order valence-corrected chi connectivity index (χ2v) is 12.6. The number of imide groups is 1. The zero-order chi connectivity index (χ0) is 34.1. The topological polar surface area (TPSA) is 171 Å². The molecule has 0 bridgehead atoms. The Hall–Kier alpha value is -4.20. The highest BCUT2D eigenvalue weighted by Crippen LogP contribution is 2.32. The Morgan fingerprint density at radius 3 is 2.47 bits per heavy atom. The molecule has 0 radical (unpaired) electrons. The van der Waals surface area contributed by atoms with Gasteiger partial charge in [0.15, 0.2) is 5.82 Å². The van der Waals surface area contributed by atoms with Gasteiger partial charge in [-0.2, -0.15) is 0 Å². The van der Waals surface area contributed by atoms with Crippen molar-refractivity contribution in [1.82, 2.24) is 24.8 Å². The molecule has 1 aromatic carbocycles. The van der Waals surface area contributed by atoms with E-state index >= 15 is 0 Å². The minimum Gasteiger partial charge on any atom is -0.374 e. The zero-order valence-electron chi connectivity index (χ0n) is 28.0. The number of amides is 4. The van der Waals surface area contributed by atoms with Crippen LogP contribution >= 0.6 is 0 Å². The van der Waals surface area contributed by atoms with Gasteiger partial charge in [-0.3, -0.25) is 24.1 Å². The lowest BCUT2D eigenvalue weighted by Gasteiger charge is -2.27. The third kappa shape index (κ3) is 9.21. The van der Waals surface area contributed by atoms with Gasteiger partial charge in [0.25, 0.3) is 11.8 Å². The summed E-state index contributed by atoms with van der Waals surface area (Å²) in [6, 6.07) is 7.00. The number of carbonyl (C=O) groups excluding carboxylic acids is 4. The van der Waals surface area contributed by atoms with Crippen LogP contribution in [-0.4, -0.2) is 81.0 Å². The van der Waals surface area contributed by atoms with E-state index in [9.17, 15) is 19.2 Å². The van der Waals surface area contributed by atoms with E-state index < -0.39 is 11.6 Å². The fourth-order valence-electron chi connectivity index (χ4n) is 5.36. The summed E-state index contributed by atoms with van der Waals surface area (Å²) in [5.41, 5.74) is 7.53. The van der Waals surface area contributed by atoms with E-state index in [0.29, 0.717) is 74.8 Å². The first-order valence-electron chi connectivity index (χ1n) is 16.3. The molecule has 0 spiro atoms. The van der Waals surface area contributed by atoms with Crippen LogP contribution in [0.4, 0.5) is 5.82 Å². The summed E-state index contributed by atoms with van der Waals surface area (Å²) < 4.78 is 14.1. The number of imidazole rings is 1. The number of rotatable bonds is 18. The molecular formula is C34H47N7O6. The second kappa shape index (κ2) is 16.1. The quantitative estimate of drug-likeness (QED) is 0.138. The van der Waals surface area contributed by atoms with Crippen LogP contribution in [0.2, 0.25) is 0 Å². The second-order valence-electron chi connectivity index (χ2n) is 12.6. The zero-order valence-corrected chi connectivity index (χ0v) is 28.0. The molecule has 0 saturated carbocycles. The number of nitrogens with one attached hydrogen (secondary N) is 2. The Balaban J connectivity index is 1.40. The van der Waals surface area contributed by atoms with Crippen molar-refractivity contribution >= 4 is 51.4 Å². The largest absolute Gasteiger partial charge is 0.374 e. The standard InChI is InChI=1S/C34H47N7O6/c1-6-46-20-25-38-30-31(23-12-9-10-13-24(23)37-32(30)39-33(45)29(35)22(2)3)41(25)21-34(4,5)47-19-17-36-26(42)14-8-7-11-18-40-27(43)15-16-28(40)44/h9-10,12-13,15-16,22,29H,6-8,11,14,17-21,35H2,1-5H3,(H,36,42)(H,37,39,45). The number of benzene rings is 1. The molecule has 4 rings (SSSR count). The summed E-state index contributed by atoms with van der Waals surface area (Å²) in [6.45, 7) is 11.8. The van der Waals surface area contributed by atoms with E-state index in [0.717, 1.165) is 17.3 Å². The predicted molar refractivity (Wildman–Crippen MR) is 179 cm³/mol. The van der Waals surface area contributed by atoms with Gasteiger partial charge in [0.05, 0.1) is 35.8 Å². The van der Waals surface area contributed by atoms with E-state index in [1.807, 2.05) is 58.9 Å². The molecule has 1 aliphatic rings. The van der Waals surface area contributed by atoms with Crippen LogP contribution in [-0.2, 0) is 41.8 Å². The number of anilines is 1. The molecule has 0 saturated heterocycles. The first-order chi connectivity index (χ1) is 22.4. The number of pyridine rings is 1. The maximum atomic E-state index is 13.0. The first-order valence-corrected chi connectivity index (χ1v) is 16.3. The molecule has 3 heterocycles. The van der Waals surface area contributed by atoms with Gasteiger partial charge in [0.1, 0.15) is 17.9 Å². The number of aromatic nitrogens is 3. The Labute approximate surface area is 275 Å². The molecule has 1 aliphatic heterocycles. The number of nitrogens with two attached hydrogens (primary N) is 1. The molecule has 47 heavy (non-hydrogen) atoms. The van der Waals surface area contributed by atoms with Crippen LogP contribution in [0, 0.1) is 5.92 Å². The van der Waals surface area contributed by atoms with Gasteiger partial charge in [-0.25, -0.2) is 9.97 Å². The maximum Gasteiger partial charge on any atom is 0.253 e. The summed E-state index contributed by atoms with van der Waals surface area (Å²) in [6.07, 6.45) is 4.96. The third-order valence-corrected chi connectivity index (χ3v) is 8.00. The summed E-state index contributed by atoms with van der Waals surface area (Å²) in [5, 5.41) is 6.70. The number of ether oxygens (including phenoxy) is 2. The molecule has 254 valence electrons. The monoisotopic (exact) mass is 649 g/mol. The minimum absolute atomic E-state index is 0.0524. The smallest absolute Gasteiger partial charge is 0.253 e. The predicted octanol–water partition coefficient (Wildman–Crippen LogP) is 3.44. The van der Waals surface area contributed by atoms with Crippen molar-refractivity contribution in [3.8, 4) is 0 Å². The van der Waals surface area contributed by atoms with Gasteiger partial charge >= 0.3 is 0 Å². The lowest BCUT2D eigenvalue weighted by atomic mass is 10.1. The lowest BCUT2D eigenvalue weighted by Crippen LogP contribution is -2.40. The van der Waals surface area contributed by atoms with Crippen molar-refractivity contribution in [2.75, 3.05) is 31.6 Å². The van der Waals surface area contributed by atoms with Crippen molar-refractivity contribution in [3.05, 3.63) is 42.2 Å². The maximum absolute atomic E-state index is 13.0. The van der Waals surface area contributed by atoms with Crippen molar-refractivity contribution < 1.29 is 28.7 Å². The normalized spacial score (nSPS) is 14.1. The lowest BCUT2D eigenvalue weighted by molar-refractivity contribution is -0.137. The molecule has 4 N–H and O–H groups in total. The highest BCUT2D eigenvalue weighted by molar-refractivity contribution is 6.13. The van der Waals surface area contributed by atoms with Gasteiger partial charge in [-0.15, -0.1) is 0 Å². The third-order valence-electron chi connectivity index (χ3n) is 8.00. The number of para-hydroxylation sites is 1. The van der Waals surface area contributed by atoms with E-state index in [-0.39, 0.29) is 36.2 Å². The van der Waals surface area contributed by atoms with Gasteiger partial charge in [-0.1, -0.05) is 38.5 Å². The number of nitrogens with zero attached hydrogens (tertiary/aromatic N) is 4.